The smallest absolute Gasteiger partial charge is 0.255 e. The number of methoxy groups -OCH3 is 4. The molecule has 0 unspecified atom stereocenters. The van der Waals surface area contributed by atoms with Crippen molar-refractivity contribution in [3.63, 3.8) is 0 Å². The van der Waals surface area contributed by atoms with Gasteiger partial charge in [0.2, 0.25) is 0 Å². The summed E-state index contributed by atoms with van der Waals surface area (Å²) in [4.78, 5) is 96.8. The molecule has 22 heteroatoms. The molecule has 2 fully saturated rings. The predicted molar refractivity (Wildman–Crippen MR) is 379 cm³/mol. The van der Waals surface area contributed by atoms with E-state index in [0.29, 0.717) is 116 Å². The number of ether oxygens (including phenoxy) is 4. The van der Waals surface area contributed by atoms with Gasteiger partial charge >= 0.3 is 0 Å². The maximum absolute atomic E-state index is 12.3. The monoisotopic (exact) mass is 1370 g/mol. The van der Waals surface area contributed by atoms with Crippen molar-refractivity contribution in [1.82, 2.24) is 42.5 Å². The molecule has 0 bridgehead atoms. The second kappa shape index (κ2) is 37.6. The molecule has 8 aromatic rings. The first-order chi connectivity index (χ1) is 47.1. The molecule has 0 aromatic heterocycles. The second-order valence-corrected chi connectivity index (χ2v) is 24.2. The zero-order valence-electron chi connectivity index (χ0n) is 55.9. The van der Waals surface area contributed by atoms with Crippen molar-refractivity contribution < 1.29 is 57.3 Å². The van der Waals surface area contributed by atoms with Crippen LogP contribution >= 0.6 is 23.2 Å². The highest BCUT2D eigenvalue weighted by molar-refractivity contribution is 6.31. The summed E-state index contributed by atoms with van der Waals surface area (Å²) in [7, 11) is 6.08. The number of benzene rings is 8. The zero-order chi connectivity index (χ0) is 70.7. The third kappa shape index (κ3) is 23.9. The molecule has 0 radical (unpaired) electrons. The van der Waals surface area contributed by atoms with E-state index in [-0.39, 0.29) is 59.3 Å². The normalized spacial score (nSPS) is 11.8. The summed E-state index contributed by atoms with van der Waals surface area (Å²) in [5, 5.41) is 23.9. The van der Waals surface area contributed by atoms with Gasteiger partial charge in [-0.05, 0) is 185 Å². The Hall–Kier alpha value is -10.7. The molecule has 0 heterocycles. The zero-order valence-corrected chi connectivity index (χ0v) is 57.5. The Labute approximate surface area is 581 Å². The summed E-state index contributed by atoms with van der Waals surface area (Å²) < 4.78 is 20.8. The Morgan fingerprint density at radius 3 is 0.857 bits per heavy atom. The van der Waals surface area contributed by atoms with Crippen molar-refractivity contribution in [3.05, 3.63) is 259 Å². The fourth-order valence-corrected chi connectivity index (χ4v) is 9.61. The number of para-hydroxylation sites is 2. The van der Waals surface area contributed by atoms with E-state index in [4.69, 9.17) is 42.1 Å². The Balaban J connectivity index is 0.000000184. The van der Waals surface area contributed by atoms with Crippen LogP contribution in [-0.4, -0.2) is 99.9 Å². The topological polar surface area (TPSA) is 270 Å². The molecule has 8 amide bonds. The van der Waals surface area contributed by atoms with E-state index in [1.54, 1.807) is 121 Å². The van der Waals surface area contributed by atoms with Gasteiger partial charge in [-0.1, -0.05) is 96.0 Å². The largest absolute Gasteiger partial charge is 0.496 e. The summed E-state index contributed by atoms with van der Waals surface area (Å²) in [5.41, 5.74) is 7.84. The van der Waals surface area contributed by atoms with Crippen LogP contribution in [0.25, 0.3) is 0 Å². The Bertz CT molecular complexity index is 3790. The van der Waals surface area contributed by atoms with Crippen molar-refractivity contribution in [1.29, 1.82) is 0 Å². The highest BCUT2D eigenvalue weighted by Gasteiger charge is 2.25. The van der Waals surface area contributed by atoms with Crippen LogP contribution in [0.1, 0.15) is 158 Å². The number of carbonyl (C=O) groups is 8. The lowest BCUT2D eigenvalue weighted by Crippen LogP contribution is -2.30. The third-order valence-electron chi connectivity index (χ3n) is 14.9. The van der Waals surface area contributed by atoms with Gasteiger partial charge in [-0.3, -0.25) is 38.4 Å². The van der Waals surface area contributed by atoms with Crippen molar-refractivity contribution in [2.75, 3.05) is 28.4 Å². The van der Waals surface area contributed by atoms with Crippen molar-refractivity contribution in [3.8, 4) is 23.0 Å². The first-order valence-electron chi connectivity index (χ1n) is 31.8. The molecule has 20 nitrogen and oxygen atoms in total. The molecule has 2 saturated carbocycles. The minimum atomic E-state index is -0.277. The molecule has 2 aliphatic carbocycles. The van der Waals surface area contributed by atoms with Crippen LogP contribution in [0.4, 0.5) is 0 Å². The lowest BCUT2D eigenvalue weighted by atomic mass is 10.1. The van der Waals surface area contributed by atoms with Gasteiger partial charge in [0.1, 0.15) is 23.0 Å². The maximum atomic E-state index is 12.3. The molecular formula is C76H82Cl2N8O12. The third-order valence-corrected chi connectivity index (χ3v) is 15.3. The number of hydrogen-bond acceptors (Lipinski definition) is 12. The van der Waals surface area contributed by atoms with Gasteiger partial charge in [-0.15, -0.1) is 0 Å². The van der Waals surface area contributed by atoms with Crippen molar-refractivity contribution >= 4 is 70.5 Å². The number of amides is 8. The first kappa shape index (κ1) is 74.7. The van der Waals surface area contributed by atoms with Crippen LogP contribution < -0.4 is 61.5 Å². The van der Waals surface area contributed by atoms with Crippen LogP contribution in [0.3, 0.4) is 0 Å². The average Bonchev–Trinajstić information content (AvgIpc) is 1.49. The molecule has 8 aromatic carbocycles. The van der Waals surface area contributed by atoms with E-state index >= 15 is 0 Å². The Kier molecular flexibility index (Phi) is 28.6. The highest BCUT2D eigenvalue weighted by atomic mass is 35.5. The first-order valence-corrected chi connectivity index (χ1v) is 32.6. The maximum Gasteiger partial charge on any atom is 0.255 e. The fraction of sp³-hybridized carbons (Fsp3) is 0.263. The van der Waals surface area contributed by atoms with Crippen molar-refractivity contribution in [2.24, 2.45) is 0 Å². The van der Waals surface area contributed by atoms with Gasteiger partial charge in [-0.2, -0.15) is 0 Å². The van der Waals surface area contributed by atoms with Gasteiger partial charge in [0.15, 0.2) is 0 Å². The van der Waals surface area contributed by atoms with Crippen LogP contribution in [-0.2, 0) is 26.2 Å². The van der Waals surface area contributed by atoms with Gasteiger partial charge in [0, 0.05) is 82.6 Å². The van der Waals surface area contributed by atoms with Gasteiger partial charge in [-0.25, -0.2) is 0 Å². The Morgan fingerprint density at radius 1 is 0.337 bits per heavy atom. The molecular weight excluding hydrogens is 1290 g/mol. The minimum absolute atomic E-state index is 0.0397. The molecule has 10 rings (SSSR count). The second-order valence-electron chi connectivity index (χ2n) is 23.4. The van der Waals surface area contributed by atoms with E-state index in [9.17, 15) is 38.4 Å². The van der Waals surface area contributed by atoms with Crippen LogP contribution in [0.5, 0.6) is 23.0 Å². The lowest BCUT2D eigenvalue weighted by molar-refractivity contribution is 0.0934. The molecule has 98 heavy (non-hydrogen) atoms. The summed E-state index contributed by atoms with van der Waals surface area (Å²) in [5.74, 6) is 0.759. The number of halogens is 2. The SMILES string of the molecule is COc1ccc(Cl)cc1C(=O)NCc1ccc(C(=O)NC(C)C)cc1.COc1ccc(Cl)cc1C(=O)NCc1ccc(C(=O)NC2CC2)cc1.COc1ccccc1C(=O)NCc1ccc(C(=O)NC(C)C)cc1.COc1ccccc1C(=O)NCc1ccc(C(=O)NC2CC2)cc1. The highest BCUT2D eigenvalue weighted by Crippen LogP contribution is 2.26. The summed E-state index contributed by atoms with van der Waals surface area (Å²) in [6.07, 6.45) is 4.25. The average molecular weight is 1370 g/mol. The van der Waals surface area contributed by atoms with E-state index < -0.39 is 0 Å². The molecule has 512 valence electrons. The van der Waals surface area contributed by atoms with Crippen molar-refractivity contribution in [2.45, 2.75) is 104 Å². The summed E-state index contributed by atoms with van der Waals surface area (Å²) >= 11 is 11.9. The quantitative estimate of drug-likeness (QED) is 0.0281. The summed E-state index contributed by atoms with van der Waals surface area (Å²) in [6.45, 7) is 9.10. The lowest BCUT2D eigenvalue weighted by Gasteiger charge is -2.11. The molecule has 0 aliphatic heterocycles. The molecule has 0 saturated heterocycles. The van der Waals surface area contributed by atoms with Gasteiger partial charge < -0.3 is 61.5 Å². The number of hydrogen-bond donors (Lipinski definition) is 8. The number of carbonyl (C=O) groups excluding carboxylic acids is 8. The summed E-state index contributed by atoms with van der Waals surface area (Å²) in [6, 6.07) is 53.5. The fourth-order valence-electron chi connectivity index (χ4n) is 9.27. The molecule has 0 spiro atoms. The van der Waals surface area contributed by atoms with E-state index in [1.165, 1.54) is 28.4 Å². The van der Waals surface area contributed by atoms with E-state index in [2.05, 4.69) is 42.5 Å². The molecule has 2 aliphatic rings. The van der Waals surface area contributed by atoms with E-state index in [0.717, 1.165) is 47.9 Å². The standard InChI is InChI=1S/C19H19ClN2O3.C19H21ClN2O3.C19H20N2O3.C19H22N2O3/c1-25-17-9-6-14(20)10-16(17)19(24)21-11-12-2-4-13(5-3-12)18(23)22-15-7-8-15;1-12(2)22-18(23)14-6-4-13(5-7-14)11-21-19(24)16-10-15(20)8-9-17(16)25-3;1-24-17-5-3-2-4-16(17)19(23)20-12-13-6-8-14(9-7-13)18(22)21-15-10-11-15;1-13(2)21-18(22)15-10-8-14(9-11-15)12-20-19(23)16-6-4-5-7-17(16)24-3/h2-6,9-10,15H,7-8,11H2,1H3,(H,21,24)(H,22,23);4-10,12H,11H2,1-3H3,(H,21,24)(H,22,23);2-9,15H,10-12H2,1H3,(H,20,23)(H,21,22);4-11,13H,12H2,1-3H3,(H,20,23)(H,21,22). The minimum Gasteiger partial charge on any atom is -0.496 e. The molecule has 8 N–H and O–H groups in total. The van der Waals surface area contributed by atoms with Crippen LogP contribution in [0, 0.1) is 0 Å². The molecule has 0 atom stereocenters. The van der Waals surface area contributed by atoms with Gasteiger partial charge in [0.25, 0.3) is 47.3 Å². The van der Waals surface area contributed by atoms with Crippen LogP contribution in [0.15, 0.2) is 182 Å². The van der Waals surface area contributed by atoms with E-state index in [1.807, 2.05) is 88.4 Å². The van der Waals surface area contributed by atoms with Crippen LogP contribution in [0.2, 0.25) is 10.0 Å². The number of nitrogens with one attached hydrogen (secondary N) is 8. The Morgan fingerprint density at radius 2 is 0.592 bits per heavy atom. The van der Waals surface area contributed by atoms with Gasteiger partial charge in [0.05, 0.1) is 50.7 Å². The predicted octanol–water partition coefficient (Wildman–Crippen LogP) is 11.9. The number of rotatable bonds is 24.